The van der Waals surface area contributed by atoms with Crippen LogP contribution in [0.5, 0.6) is 0 Å². The number of unbranched alkanes of at least 4 members (excludes halogenated alkanes) is 1. The van der Waals surface area contributed by atoms with Crippen molar-refractivity contribution in [3.8, 4) is 0 Å². The smallest absolute Gasteiger partial charge is 0.328 e. The van der Waals surface area contributed by atoms with Gasteiger partial charge < -0.3 is 24.8 Å². The van der Waals surface area contributed by atoms with Crippen molar-refractivity contribution in [1.82, 2.24) is 10.6 Å². The van der Waals surface area contributed by atoms with Gasteiger partial charge in [-0.05, 0) is 106 Å². The van der Waals surface area contributed by atoms with E-state index >= 15 is 0 Å². The number of hydrogen-bond acceptors (Lipinski definition) is 8. The molecule has 1 rings (SSSR count). The number of carbonyl (C=O) groups is 5. The van der Waals surface area contributed by atoms with Crippen LogP contribution in [0.2, 0.25) is 25.7 Å². The SMILES string of the molecule is COC(=O)[C@H](CCCCNC(=O)CCCc1ccc(I)cc1)NC(=O)[C@H](CCC(=O)OC(C)(C)C)CC(=O)OCC[Si](C)(C)C. The fourth-order valence-corrected chi connectivity index (χ4v) is 5.39. The molecule has 254 valence electrons. The van der Waals surface area contributed by atoms with E-state index in [4.69, 9.17) is 14.2 Å². The molecule has 0 fully saturated rings. The third-order valence-corrected chi connectivity index (χ3v) is 9.27. The van der Waals surface area contributed by atoms with Crippen molar-refractivity contribution < 1.29 is 38.2 Å². The van der Waals surface area contributed by atoms with Gasteiger partial charge in [-0.25, -0.2) is 4.79 Å². The molecule has 0 unspecified atom stereocenters. The number of ether oxygens (including phenoxy) is 3. The Morgan fingerprint density at radius 1 is 0.911 bits per heavy atom. The molecule has 1 aromatic carbocycles. The Morgan fingerprint density at radius 2 is 1.58 bits per heavy atom. The second-order valence-corrected chi connectivity index (χ2v) is 20.3. The topological polar surface area (TPSA) is 137 Å². The maximum Gasteiger partial charge on any atom is 0.328 e. The largest absolute Gasteiger partial charge is 0.467 e. The van der Waals surface area contributed by atoms with Gasteiger partial charge >= 0.3 is 17.9 Å². The van der Waals surface area contributed by atoms with Crippen LogP contribution in [0, 0.1) is 9.49 Å². The van der Waals surface area contributed by atoms with Gasteiger partial charge in [-0.15, -0.1) is 0 Å². The molecular weight excluding hydrogens is 707 g/mol. The van der Waals surface area contributed by atoms with E-state index in [0.717, 1.165) is 18.9 Å². The summed E-state index contributed by atoms with van der Waals surface area (Å²) in [6.07, 6.45) is 3.24. The number of nitrogens with one attached hydrogen (secondary N) is 2. The third kappa shape index (κ3) is 20.3. The van der Waals surface area contributed by atoms with Crippen molar-refractivity contribution in [2.24, 2.45) is 5.92 Å². The number of hydrogen-bond donors (Lipinski definition) is 2. The molecular formula is C33H53IN2O8Si. The summed E-state index contributed by atoms with van der Waals surface area (Å²) in [4.78, 5) is 63.0. The van der Waals surface area contributed by atoms with Gasteiger partial charge in [-0.2, -0.15) is 0 Å². The lowest BCUT2D eigenvalue weighted by atomic mass is 9.97. The zero-order chi connectivity index (χ0) is 34.0. The molecule has 0 heterocycles. The second-order valence-electron chi connectivity index (χ2n) is 13.5. The van der Waals surface area contributed by atoms with Crippen molar-refractivity contribution in [2.45, 2.75) is 116 Å². The maximum absolute atomic E-state index is 13.3. The van der Waals surface area contributed by atoms with E-state index in [2.05, 4.69) is 77.1 Å². The molecule has 0 saturated heterocycles. The van der Waals surface area contributed by atoms with Gasteiger partial charge in [-0.3, -0.25) is 19.2 Å². The van der Waals surface area contributed by atoms with Crippen LogP contribution in [0.15, 0.2) is 24.3 Å². The lowest BCUT2D eigenvalue weighted by Crippen LogP contribution is -2.45. The molecule has 0 aliphatic carbocycles. The van der Waals surface area contributed by atoms with Gasteiger partial charge in [0.1, 0.15) is 11.6 Å². The Morgan fingerprint density at radius 3 is 2.18 bits per heavy atom. The van der Waals surface area contributed by atoms with Crippen molar-refractivity contribution in [1.29, 1.82) is 0 Å². The molecule has 2 amide bonds. The molecule has 0 aliphatic heterocycles. The van der Waals surface area contributed by atoms with Gasteiger partial charge in [0.15, 0.2) is 0 Å². The average Bonchev–Trinajstić information content (AvgIpc) is 2.93. The number of esters is 3. The van der Waals surface area contributed by atoms with E-state index < -0.39 is 49.4 Å². The lowest BCUT2D eigenvalue weighted by molar-refractivity contribution is -0.156. The fourth-order valence-electron chi connectivity index (χ4n) is 4.32. The summed E-state index contributed by atoms with van der Waals surface area (Å²) in [5, 5.41) is 5.63. The Bertz CT molecular complexity index is 1100. The highest BCUT2D eigenvalue weighted by atomic mass is 127. The quantitative estimate of drug-likeness (QED) is 0.0580. The highest BCUT2D eigenvalue weighted by Gasteiger charge is 2.29. The first kappa shape index (κ1) is 40.5. The Balaban J connectivity index is 2.64. The van der Waals surface area contributed by atoms with Crippen LogP contribution in [0.3, 0.4) is 0 Å². The number of carbonyl (C=O) groups excluding carboxylic acids is 5. The van der Waals surface area contributed by atoms with Crippen LogP contribution in [0.1, 0.15) is 77.7 Å². The highest BCUT2D eigenvalue weighted by molar-refractivity contribution is 14.1. The van der Waals surface area contributed by atoms with Crippen molar-refractivity contribution in [3.05, 3.63) is 33.4 Å². The summed E-state index contributed by atoms with van der Waals surface area (Å²) in [6.45, 7) is 12.5. The molecule has 0 bridgehead atoms. The first-order valence-corrected chi connectivity index (χ1v) is 20.5. The molecule has 12 heteroatoms. The van der Waals surface area contributed by atoms with E-state index in [-0.39, 0.29) is 31.8 Å². The second kappa shape index (κ2) is 20.6. The molecule has 0 radical (unpaired) electrons. The monoisotopic (exact) mass is 760 g/mol. The Labute approximate surface area is 283 Å². The van der Waals surface area contributed by atoms with Crippen LogP contribution in [-0.2, 0) is 44.6 Å². The highest BCUT2D eigenvalue weighted by Crippen LogP contribution is 2.18. The summed E-state index contributed by atoms with van der Waals surface area (Å²) in [7, 11) is -0.172. The Kier molecular flexibility index (Phi) is 18.6. The zero-order valence-corrected chi connectivity index (χ0v) is 31.3. The number of aryl methyl sites for hydroxylation is 1. The predicted octanol–water partition coefficient (Wildman–Crippen LogP) is 5.57. The van der Waals surface area contributed by atoms with Crippen molar-refractivity contribution in [3.63, 3.8) is 0 Å². The first-order chi connectivity index (χ1) is 21.0. The van der Waals surface area contributed by atoms with Gasteiger partial charge in [0, 0.05) is 36.9 Å². The number of amides is 2. The number of halogens is 1. The molecule has 0 aliphatic rings. The number of methoxy groups -OCH3 is 1. The standard InChI is InChI=1S/C33H53IN2O8Si/c1-33(2,3)44-29(38)19-16-25(23-30(39)43-21-22-45(5,6)7)31(40)36-27(32(41)42-4)12-8-9-20-35-28(37)13-10-11-24-14-17-26(34)18-15-24/h14-15,17-18,25,27H,8-13,16,19-23H2,1-7H3,(H,35,37)(H,36,40)/t25-,27+/m1/s1. The van der Waals surface area contributed by atoms with Gasteiger partial charge in [0.25, 0.3) is 0 Å². The maximum atomic E-state index is 13.3. The summed E-state index contributed by atoms with van der Waals surface area (Å²) >= 11 is 2.26. The number of benzene rings is 1. The normalized spacial score (nSPS) is 12.9. The fraction of sp³-hybridized carbons (Fsp3) is 0.667. The molecule has 0 aromatic heterocycles. The van der Waals surface area contributed by atoms with Crippen molar-refractivity contribution in [2.75, 3.05) is 20.3 Å². The average molecular weight is 761 g/mol. The van der Waals surface area contributed by atoms with E-state index in [1.807, 2.05) is 0 Å². The molecule has 45 heavy (non-hydrogen) atoms. The molecule has 0 saturated carbocycles. The summed E-state index contributed by atoms with van der Waals surface area (Å²) in [6, 6.07) is 8.11. The lowest BCUT2D eigenvalue weighted by Gasteiger charge is -2.23. The van der Waals surface area contributed by atoms with Crippen LogP contribution in [0.25, 0.3) is 0 Å². The van der Waals surface area contributed by atoms with Crippen LogP contribution in [-0.4, -0.2) is 69.7 Å². The third-order valence-electron chi connectivity index (χ3n) is 6.84. The van der Waals surface area contributed by atoms with Crippen LogP contribution < -0.4 is 10.6 Å². The predicted molar refractivity (Wildman–Crippen MR) is 185 cm³/mol. The van der Waals surface area contributed by atoms with Crippen LogP contribution in [0.4, 0.5) is 0 Å². The summed E-state index contributed by atoms with van der Waals surface area (Å²) in [5.74, 6) is -3.05. The minimum atomic E-state index is -1.42. The molecule has 0 spiro atoms. The van der Waals surface area contributed by atoms with E-state index in [1.54, 1.807) is 20.8 Å². The van der Waals surface area contributed by atoms with E-state index in [0.29, 0.717) is 32.2 Å². The van der Waals surface area contributed by atoms with E-state index in [1.165, 1.54) is 16.2 Å². The molecule has 1 aromatic rings. The molecule has 2 N–H and O–H groups in total. The van der Waals surface area contributed by atoms with Gasteiger partial charge in [0.05, 0.1) is 20.1 Å². The van der Waals surface area contributed by atoms with Crippen molar-refractivity contribution >= 4 is 60.4 Å². The Hall–Kier alpha value is -2.48. The first-order valence-electron chi connectivity index (χ1n) is 15.8. The summed E-state index contributed by atoms with van der Waals surface area (Å²) < 4.78 is 16.8. The minimum absolute atomic E-state index is 0.0251. The minimum Gasteiger partial charge on any atom is -0.467 e. The number of rotatable bonds is 20. The van der Waals surface area contributed by atoms with Crippen LogP contribution >= 0.6 is 22.6 Å². The summed E-state index contributed by atoms with van der Waals surface area (Å²) in [5.41, 5.74) is 0.520. The van der Waals surface area contributed by atoms with Gasteiger partial charge in [0.2, 0.25) is 11.8 Å². The molecule has 10 nitrogen and oxygen atoms in total. The molecule has 2 atom stereocenters. The zero-order valence-electron chi connectivity index (χ0n) is 28.1. The van der Waals surface area contributed by atoms with Gasteiger partial charge in [-0.1, -0.05) is 31.8 Å². The van der Waals surface area contributed by atoms with E-state index in [9.17, 15) is 24.0 Å².